The quantitative estimate of drug-likeness (QED) is 0.864. The van der Waals surface area contributed by atoms with E-state index < -0.39 is 28.5 Å². The van der Waals surface area contributed by atoms with E-state index in [9.17, 15) is 22.4 Å². The van der Waals surface area contributed by atoms with Gasteiger partial charge in [-0.2, -0.15) is 13.2 Å². The highest BCUT2D eigenvalue weighted by molar-refractivity contribution is 7.17. The molecule has 2 N–H and O–H groups in total. The Morgan fingerprint density at radius 1 is 1.26 bits per heavy atom. The van der Waals surface area contributed by atoms with Gasteiger partial charge in [0.15, 0.2) is 5.69 Å². The summed E-state index contributed by atoms with van der Waals surface area (Å²) in [5, 5.41) is -0.237. The number of amides is 1. The number of primary amides is 1. The first-order valence-corrected chi connectivity index (χ1v) is 5.75. The number of benzene rings is 1. The van der Waals surface area contributed by atoms with Crippen molar-refractivity contribution in [2.45, 2.75) is 6.18 Å². The van der Waals surface area contributed by atoms with Gasteiger partial charge in [-0.3, -0.25) is 4.79 Å². The van der Waals surface area contributed by atoms with Crippen LogP contribution in [-0.2, 0) is 6.18 Å². The fourth-order valence-electron chi connectivity index (χ4n) is 1.43. The van der Waals surface area contributed by atoms with Gasteiger partial charge in [-0.1, -0.05) is 12.1 Å². The molecule has 1 heterocycles. The number of nitrogens with two attached hydrogens (primary N) is 1. The maximum atomic E-state index is 13.5. The second kappa shape index (κ2) is 4.61. The van der Waals surface area contributed by atoms with Gasteiger partial charge in [0.25, 0.3) is 5.91 Å². The molecule has 8 heteroatoms. The van der Waals surface area contributed by atoms with E-state index in [0.29, 0.717) is 11.3 Å². The second-order valence-electron chi connectivity index (χ2n) is 3.54. The average molecular weight is 290 g/mol. The predicted octanol–water partition coefficient (Wildman–Crippen LogP) is 3.07. The van der Waals surface area contributed by atoms with Gasteiger partial charge in [0.05, 0.1) is 0 Å². The largest absolute Gasteiger partial charge is 0.435 e. The van der Waals surface area contributed by atoms with Crippen molar-refractivity contribution < 1.29 is 22.4 Å². The molecule has 0 atom stereocenters. The molecule has 2 rings (SSSR count). The van der Waals surface area contributed by atoms with Crippen LogP contribution in [0.2, 0.25) is 0 Å². The van der Waals surface area contributed by atoms with Gasteiger partial charge >= 0.3 is 6.18 Å². The standard InChI is InChI=1S/C11H6F4N2OS/c12-6-4-2-1-3-5(6)10-17-8(11(13,14)15)7(19-10)9(16)18/h1-4H,(H2,16,18). The molecule has 0 unspecified atom stereocenters. The number of alkyl halides is 3. The Balaban J connectivity index is 2.62. The maximum Gasteiger partial charge on any atom is 0.435 e. The molecule has 1 aromatic carbocycles. The van der Waals surface area contributed by atoms with Crippen molar-refractivity contribution in [2.24, 2.45) is 5.73 Å². The zero-order valence-corrected chi connectivity index (χ0v) is 9.98. The molecule has 3 nitrogen and oxygen atoms in total. The number of aromatic nitrogens is 1. The minimum atomic E-state index is -4.82. The number of thiazole rings is 1. The molecule has 0 bridgehead atoms. The number of carbonyl (C=O) groups excluding carboxylic acids is 1. The SMILES string of the molecule is NC(=O)c1sc(-c2ccccc2F)nc1C(F)(F)F. The van der Waals surface area contributed by atoms with Crippen molar-refractivity contribution in [2.75, 3.05) is 0 Å². The first kappa shape index (κ1) is 13.5. The zero-order chi connectivity index (χ0) is 14.2. The summed E-state index contributed by atoms with van der Waals surface area (Å²) in [5.74, 6) is -1.96. The fourth-order valence-corrected chi connectivity index (χ4v) is 2.39. The zero-order valence-electron chi connectivity index (χ0n) is 9.16. The van der Waals surface area contributed by atoms with E-state index in [1.165, 1.54) is 18.2 Å². The number of rotatable bonds is 2. The van der Waals surface area contributed by atoms with Gasteiger partial charge in [-0.05, 0) is 12.1 Å². The number of hydrogen-bond acceptors (Lipinski definition) is 3. The highest BCUT2D eigenvalue weighted by Crippen LogP contribution is 2.37. The molecule has 0 aliphatic rings. The van der Waals surface area contributed by atoms with E-state index in [4.69, 9.17) is 5.73 Å². The van der Waals surface area contributed by atoms with Gasteiger partial charge in [-0.15, -0.1) is 11.3 Å². The normalized spacial score (nSPS) is 11.6. The summed E-state index contributed by atoms with van der Waals surface area (Å²) in [7, 11) is 0. The van der Waals surface area contributed by atoms with Crippen LogP contribution in [0, 0.1) is 5.82 Å². The Bertz CT molecular complexity index is 636. The minimum Gasteiger partial charge on any atom is -0.365 e. The van der Waals surface area contributed by atoms with E-state index in [-0.39, 0.29) is 10.6 Å². The summed E-state index contributed by atoms with van der Waals surface area (Å²) in [6, 6.07) is 5.22. The van der Waals surface area contributed by atoms with E-state index in [0.717, 1.165) is 6.07 Å². The van der Waals surface area contributed by atoms with Crippen LogP contribution in [0.25, 0.3) is 10.6 Å². The summed E-state index contributed by atoms with van der Waals surface area (Å²) in [4.78, 5) is 13.6. The lowest BCUT2D eigenvalue weighted by molar-refractivity contribution is -0.141. The van der Waals surface area contributed by atoms with E-state index in [1.807, 2.05) is 0 Å². The highest BCUT2D eigenvalue weighted by Gasteiger charge is 2.39. The molecule has 0 saturated heterocycles. The van der Waals surface area contributed by atoms with E-state index >= 15 is 0 Å². The Morgan fingerprint density at radius 3 is 2.37 bits per heavy atom. The van der Waals surface area contributed by atoms with Crippen molar-refractivity contribution in [3.05, 3.63) is 40.7 Å². The fraction of sp³-hybridized carbons (Fsp3) is 0.0909. The Morgan fingerprint density at radius 2 is 1.89 bits per heavy atom. The monoisotopic (exact) mass is 290 g/mol. The average Bonchev–Trinajstić information content (AvgIpc) is 2.74. The molecule has 0 spiro atoms. The third-order valence-corrected chi connectivity index (χ3v) is 3.33. The van der Waals surface area contributed by atoms with Gasteiger partial charge in [0.2, 0.25) is 0 Å². The van der Waals surface area contributed by atoms with Crippen LogP contribution in [0.5, 0.6) is 0 Å². The Hall–Kier alpha value is -1.96. The first-order valence-electron chi connectivity index (χ1n) is 4.93. The second-order valence-corrected chi connectivity index (χ2v) is 4.54. The number of carbonyl (C=O) groups is 1. The predicted molar refractivity (Wildman–Crippen MR) is 61.0 cm³/mol. The van der Waals surface area contributed by atoms with Crippen LogP contribution < -0.4 is 5.73 Å². The lowest BCUT2D eigenvalue weighted by Crippen LogP contribution is -2.16. The van der Waals surface area contributed by atoms with E-state index in [1.54, 1.807) is 0 Å². The molecule has 100 valence electrons. The molecule has 1 aromatic heterocycles. The number of hydrogen-bond donors (Lipinski definition) is 1. The summed E-state index contributed by atoms with van der Waals surface area (Å²) in [6.45, 7) is 0. The minimum absolute atomic E-state index is 0.106. The third-order valence-electron chi connectivity index (χ3n) is 2.22. The molecular formula is C11H6F4N2OS. The number of halogens is 4. The van der Waals surface area contributed by atoms with Gasteiger partial charge in [-0.25, -0.2) is 9.37 Å². The molecule has 0 radical (unpaired) electrons. The summed E-state index contributed by atoms with van der Waals surface area (Å²) < 4.78 is 51.5. The van der Waals surface area contributed by atoms with Gasteiger partial charge in [0.1, 0.15) is 15.7 Å². The van der Waals surface area contributed by atoms with E-state index in [2.05, 4.69) is 4.98 Å². The van der Waals surface area contributed by atoms with Crippen molar-refractivity contribution in [3.8, 4) is 10.6 Å². The van der Waals surface area contributed by atoms with Crippen LogP contribution in [0.4, 0.5) is 17.6 Å². The summed E-state index contributed by atoms with van der Waals surface area (Å²) in [6.07, 6.45) is -4.82. The third kappa shape index (κ3) is 2.58. The molecule has 19 heavy (non-hydrogen) atoms. The van der Waals surface area contributed by atoms with Gasteiger partial charge in [0, 0.05) is 5.56 Å². The lowest BCUT2D eigenvalue weighted by atomic mass is 10.2. The molecule has 1 amide bonds. The van der Waals surface area contributed by atoms with Crippen molar-refractivity contribution in [3.63, 3.8) is 0 Å². The lowest BCUT2D eigenvalue weighted by Gasteiger charge is -2.03. The van der Waals surface area contributed by atoms with Crippen molar-refractivity contribution >= 4 is 17.2 Å². The van der Waals surface area contributed by atoms with Crippen molar-refractivity contribution in [1.82, 2.24) is 4.98 Å². The number of nitrogens with zero attached hydrogens (tertiary/aromatic N) is 1. The molecule has 0 fully saturated rings. The summed E-state index contributed by atoms with van der Waals surface area (Å²) in [5.41, 5.74) is 3.39. The van der Waals surface area contributed by atoms with Crippen LogP contribution in [-0.4, -0.2) is 10.9 Å². The topological polar surface area (TPSA) is 56.0 Å². The smallest absolute Gasteiger partial charge is 0.365 e. The van der Waals surface area contributed by atoms with Crippen LogP contribution in [0.3, 0.4) is 0 Å². The Kier molecular flexibility index (Phi) is 3.27. The van der Waals surface area contributed by atoms with Crippen LogP contribution in [0.1, 0.15) is 15.4 Å². The van der Waals surface area contributed by atoms with Crippen molar-refractivity contribution in [1.29, 1.82) is 0 Å². The van der Waals surface area contributed by atoms with Crippen LogP contribution in [0.15, 0.2) is 24.3 Å². The molecular weight excluding hydrogens is 284 g/mol. The Labute approximate surface area is 108 Å². The molecule has 0 aliphatic heterocycles. The maximum absolute atomic E-state index is 13.5. The first-order chi connectivity index (χ1) is 8.80. The summed E-state index contributed by atoms with van der Waals surface area (Å²) >= 11 is 0.416. The van der Waals surface area contributed by atoms with Gasteiger partial charge < -0.3 is 5.73 Å². The molecule has 2 aromatic rings. The molecule has 0 saturated carbocycles. The van der Waals surface area contributed by atoms with Crippen LogP contribution >= 0.6 is 11.3 Å². The molecule has 0 aliphatic carbocycles. The highest BCUT2D eigenvalue weighted by atomic mass is 32.1.